The first-order valence-corrected chi connectivity index (χ1v) is 4.67. The van der Waals surface area contributed by atoms with Gasteiger partial charge >= 0.3 is 5.97 Å². The summed E-state index contributed by atoms with van der Waals surface area (Å²) in [6.45, 7) is 0.606. The van der Waals surface area contributed by atoms with Crippen molar-refractivity contribution in [1.82, 2.24) is 5.32 Å². The highest BCUT2D eigenvalue weighted by Crippen LogP contribution is 2.47. The Morgan fingerprint density at radius 3 is 2.43 bits per heavy atom. The molecule has 1 amide bonds. The van der Waals surface area contributed by atoms with Gasteiger partial charge in [-0.25, -0.2) is 0 Å². The second-order valence-electron chi connectivity index (χ2n) is 3.82. The van der Waals surface area contributed by atoms with Gasteiger partial charge < -0.3 is 15.5 Å². The van der Waals surface area contributed by atoms with Crippen LogP contribution in [0.3, 0.4) is 0 Å². The Morgan fingerprint density at radius 2 is 2.00 bits per heavy atom. The highest BCUT2D eigenvalue weighted by Gasteiger charge is 2.41. The van der Waals surface area contributed by atoms with Crippen LogP contribution in [0.4, 0.5) is 0 Å². The molecule has 1 aliphatic carbocycles. The van der Waals surface area contributed by atoms with Crippen LogP contribution >= 0.6 is 0 Å². The normalized spacial score (nSPS) is 17.5. The number of carboxylic acid groups (broad SMARTS) is 1. The maximum atomic E-state index is 11.0. The molecule has 1 aliphatic rings. The Bertz CT molecular complexity index is 235. The van der Waals surface area contributed by atoms with E-state index in [2.05, 4.69) is 5.32 Å². The smallest absolute Gasteiger partial charge is 0.312 e. The zero-order valence-electron chi connectivity index (χ0n) is 7.95. The lowest BCUT2D eigenvalue weighted by atomic mass is 10.0. The zero-order chi connectivity index (χ0) is 10.6. The van der Waals surface area contributed by atoms with Crippen LogP contribution in [0, 0.1) is 5.41 Å². The minimum absolute atomic E-state index is 0.0446. The van der Waals surface area contributed by atoms with E-state index in [0.717, 1.165) is 12.8 Å². The maximum absolute atomic E-state index is 11.0. The summed E-state index contributed by atoms with van der Waals surface area (Å²) < 4.78 is 0. The van der Waals surface area contributed by atoms with E-state index in [1.165, 1.54) is 0 Å². The molecule has 0 aromatic rings. The SMILES string of the molecule is O=C(O)CC(=O)NCC1(CCO)CC1. The third-order valence-corrected chi connectivity index (χ3v) is 2.57. The van der Waals surface area contributed by atoms with Crippen LogP contribution in [0.2, 0.25) is 0 Å². The van der Waals surface area contributed by atoms with Crippen molar-refractivity contribution in [3.63, 3.8) is 0 Å². The molecule has 0 saturated heterocycles. The van der Waals surface area contributed by atoms with Gasteiger partial charge in [0.15, 0.2) is 0 Å². The van der Waals surface area contributed by atoms with Gasteiger partial charge in [0.2, 0.25) is 5.91 Å². The molecule has 1 saturated carbocycles. The van der Waals surface area contributed by atoms with Gasteiger partial charge in [-0.2, -0.15) is 0 Å². The van der Waals surface area contributed by atoms with Crippen LogP contribution in [-0.4, -0.2) is 35.2 Å². The van der Waals surface area contributed by atoms with Gasteiger partial charge in [0, 0.05) is 13.2 Å². The highest BCUT2D eigenvalue weighted by atomic mass is 16.4. The second kappa shape index (κ2) is 4.41. The first-order valence-electron chi connectivity index (χ1n) is 4.67. The number of rotatable bonds is 6. The Balaban J connectivity index is 2.20. The van der Waals surface area contributed by atoms with Crippen molar-refractivity contribution in [2.75, 3.05) is 13.2 Å². The summed E-state index contributed by atoms with van der Waals surface area (Å²) in [6.07, 6.45) is 2.21. The third kappa shape index (κ3) is 3.33. The summed E-state index contributed by atoms with van der Waals surface area (Å²) in [7, 11) is 0. The van der Waals surface area contributed by atoms with E-state index in [9.17, 15) is 9.59 Å². The van der Waals surface area contributed by atoms with Gasteiger partial charge in [0.05, 0.1) is 0 Å². The number of amides is 1. The monoisotopic (exact) mass is 201 g/mol. The molecule has 0 heterocycles. The number of aliphatic hydroxyl groups is 1. The van der Waals surface area contributed by atoms with Crippen molar-refractivity contribution in [3.05, 3.63) is 0 Å². The fourth-order valence-corrected chi connectivity index (χ4v) is 1.42. The molecule has 5 heteroatoms. The Hall–Kier alpha value is -1.10. The topological polar surface area (TPSA) is 86.6 Å². The molecule has 0 atom stereocenters. The van der Waals surface area contributed by atoms with Crippen molar-refractivity contribution in [2.45, 2.75) is 25.7 Å². The number of nitrogens with one attached hydrogen (secondary N) is 1. The molecule has 0 aliphatic heterocycles. The first kappa shape index (κ1) is 11.0. The molecule has 0 bridgehead atoms. The van der Waals surface area contributed by atoms with Crippen LogP contribution in [0.5, 0.6) is 0 Å². The lowest BCUT2D eigenvalue weighted by molar-refractivity contribution is -0.140. The van der Waals surface area contributed by atoms with E-state index in [-0.39, 0.29) is 12.0 Å². The van der Waals surface area contributed by atoms with E-state index < -0.39 is 18.3 Å². The Morgan fingerprint density at radius 1 is 1.36 bits per heavy atom. The van der Waals surface area contributed by atoms with Crippen LogP contribution in [-0.2, 0) is 9.59 Å². The van der Waals surface area contributed by atoms with E-state index in [4.69, 9.17) is 10.2 Å². The number of aliphatic carboxylic acids is 1. The highest BCUT2D eigenvalue weighted by molar-refractivity contribution is 5.93. The van der Waals surface area contributed by atoms with Crippen molar-refractivity contribution >= 4 is 11.9 Å². The van der Waals surface area contributed by atoms with Crippen LogP contribution in [0.15, 0.2) is 0 Å². The molecule has 0 radical (unpaired) electrons. The molecule has 5 nitrogen and oxygen atoms in total. The molecule has 1 fully saturated rings. The van der Waals surface area contributed by atoms with Crippen LogP contribution < -0.4 is 5.32 Å². The number of carbonyl (C=O) groups excluding carboxylic acids is 1. The van der Waals surface area contributed by atoms with Crippen LogP contribution in [0.1, 0.15) is 25.7 Å². The molecule has 0 aromatic heterocycles. The zero-order valence-corrected chi connectivity index (χ0v) is 7.95. The van der Waals surface area contributed by atoms with Gasteiger partial charge in [-0.15, -0.1) is 0 Å². The maximum Gasteiger partial charge on any atom is 0.312 e. The number of carbonyl (C=O) groups is 2. The average molecular weight is 201 g/mol. The quantitative estimate of drug-likeness (QED) is 0.517. The molecule has 14 heavy (non-hydrogen) atoms. The molecule has 3 N–H and O–H groups in total. The molecule has 0 aromatic carbocycles. The largest absolute Gasteiger partial charge is 0.481 e. The summed E-state index contributed by atoms with van der Waals surface area (Å²) in [5.74, 6) is -1.57. The molecule has 0 unspecified atom stereocenters. The minimum Gasteiger partial charge on any atom is -0.481 e. The summed E-state index contributed by atoms with van der Waals surface area (Å²) in [5, 5.41) is 19.6. The van der Waals surface area contributed by atoms with E-state index >= 15 is 0 Å². The number of hydrogen-bond donors (Lipinski definition) is 3. The number of hydrogen-bond acceptors (Lipinski definition) is 3. The minimum atomic E-state index is -1.12. The summed E-state index contributed by atoms with van der Waals surface area (Å²) >= 11 is 0. The number of carboxylic acids is 1. The third-order valence-electron chi connectivity index (χ3n) is 2.57. The summed E-state index contributed by atoms with van der Waals surface area (Å²) in [4.78, 5) is 21.2. The predicted octanol–water partition coefficient (Wildman–Crippen LogP) is -0.260. The van der Waals surface area contributed by atoms with Gasteiger partial charge in [-0.1, -0.05) is 0 Å². The first-order chi connectivity index (χ1) is 6.58. The van der Waals surface area contributed by atoms with Gasteiger partial charge in [0.25, 0.3) is 0 Å². The van der Waals surface area contributed by atoms with Crippen molar-refractivity contribution in [2.24, 2.45) is 5.41 Å². The van der Waals surface area contributed by atoms with Gasteiger partial charge in [0.1, 0.15) is 6.42 Å². The van der Waals surface area contributed by atoms with Crippen molar-refractivity contribution < 1.29 is 19.8 Å². The van der Waals surface area contributed by atoms with Gasteiger partial charge in [-0.3, -0.25) is 9.59 Å². The van der Waals surface area contributed by atoms with E-state index in [0.29, 0.717) is 13.0 Å². The fraction of sp³-hybridized carbons (Fsp3) is 0.778. The molecular formula is C9H15NO4. The Labute approximate surface area is 82.1 Å². The van der Waals surface area contributed by atoms with E-state index in [1.807, 2.05) is 0 Å². The lowest BCUT2D eigenvalue weighted by Crippen LogP contribution is -2.31. The number of aliphatic hydroxyl groups excluding tert-OH is 1. The molecule has 80 valence electrons. The lowest BCUT2D eigenvalue weighted by Gasteiger charge is -2.13. The van der Waals surface area contributed by atoms with Gasteiger partial charge in [-0.05, 0) is 24.7 Å². The van der Waals surface area contributed by atoms with E-state index in [1.54, 1.807) is 0 Å². The fourth-order valence-electron chi connectivity index (χ4n) is 1.42. The average Bonchev–Trinajstić information content (AvgIpc) is 2.82. The van der Waals surface area contributed by atoms with Crippen LogP contribution in [0.25, 0.3) is 0 Å². The Kier molecular flexibility index (Phi) is 3.46. The standard InChI is InChI=1S/C9H15NO4/c11-4-3-9(1-2-9)6-10-7(12)5-8(13)14/h11H,1-6H2,(H,10,12)(H,13,14). The molecular weight excluding hydrogens is 186 g/mol. The van der Waals surface area contributed by atoms with Crippen molar-refractivity contribution in [3.8, 4) is 0 Å². The summed E-state index contributed by atoms with van der Waals surface area (Å²) in [6, 6.07) is 0. The second-order valence-corrected chi connectivity index (χ2v) is 3.82. The molecule has 1 rings (SSSR count). The predicted molar refractivity (Wildman–Crippen MR) is 48.6 cm³/mol. The van der Waals surface area contributed by atoms with Crippen molar-refractivity contribution in [1.29, 1.82) is 0 Å². The summed E-state index contributed by atoms with van der Waals surface area (Å²) in [5.41, 5.74) is 0.0446. The molecule has 0 spiro atoms.